The largest absolute Gasteiger partial charge is 0.302 e. The van der Waals surface area contributed by atoms with Gasteiger partial charge in [-0.25, -0.2) is 0 Å². The Morgan fingerprint density at radius 2 is 2.20 bits per heavy atom. The molecule has 0 fully saturated rings. The van der Waals surface area contributed by atoms with Crippen molar-refractivity contribution in [2.75, 3.05) is 6.54 Å². The molecule has 74 valence electrons. The number of rotatable bonds is 3. The van der Waals surface area contributed by atoms with Gasteiger partial charge >= 0.3 is 0 Å². The first kappa shape index (κ1) is 9.70. The molecule has 0 aliphatic rings. The van der Waals surface area contributed by atoms with Gasteiger partial charge in [0.1, 0.15) is 0 Å². The second-order valence-corrected chi connectivity index (χ2v) is 3.36. The predicted octanol–water partition coefficient (Wildman–Crippen LogP) is 1.96. The van der Waals surface area contributed by atoms with E-state index in [0.29, 0.717) is 6.54 Å². The zero-order valence-corrected chi connectivity index (χ0v) is 8.40. The molecule has 1 aromatic heterocycles. The van der Waals surface area contributed by atoms with Crippen LogP contribution in [0.25, 0.3) is 10.8 Å². The van der Waals surface area contributed by atoms with Crippen molar-refractivity contribution < 1.29 is 0 Å². The van der Waals surface area contributed by atoms with Crippen LogP contribution in [0.3, 0.4) is 0 Å². The molecule has 2 nitrogen and oxygen atoms in total. The van der Waals surface area contributed by atoms with Crippen LogP contribution in [0.1, 0.15) is 5.56 Å². The zero-order valence-electron chi connectivity index (χ0n) is 8.40. The van der Waals surface area contributed by atoms with Crippen LogP contribution in [0, 0.1) is 12.3 Å². The Bertz CT molecular complexity index is 497. The number of terminal acetylenes is 1. The molecule has 0 aliphatic heterocycles. The van der Waals surface area contributed by atoms with E-state index < -0.39 is 0 Å². The van der Waals surface area contributed by atoms with Crippen molar-refractivity contribution >= 4 is 10.8 Å². The van der Waals surface area contributed by atoms with Crippen LogP contribution in [-0.4, -0.2) is 11.5 Å². The van der Waals surface area contributed by atoms with Crippen molar-refractivity contribution in [1.82, 2.24) is 10.3 Å². The lowest BCUT2D eigenvalue weighted by Gasteiger charge is -2.03. The number of hydrogen-bond donors (Lipinski definition) is 1. The monoisotopic (exact) mass is 196 g/mol. The summed E-state index contributed by atoms with van der Waals surface area (Å²) in [6.07, 6.45) is 8.84. The van der Waals surface area contributed by atoms with Gasteiger partial charge in [0.05, 0.1) is 6.54 Å². The Morgan fingerprint density at radius 3 is 3.07 bits per heavy atom. The van der Waals surface area contributed by atoms with Crippen molar-refractivity contribution in [2.24, 2.45) is 0 Å². The molecule has 0 spiro atoms. The molecule has 0 unspecified atom stereocenters. The fraction of sp³-hybridized carbons (Fsp3) is 0.154. The van der Waals surface area contributed by atoms with Crippen molar-refractivity contribution in [3.63, 3.8) is 0 Å². The quantitative estimate of drug-likeness (QED) is 0.599. The lowest BCUT2D eigenvalue weighted by Crippen LogP contribution is -2.12. The number of nitrogens with zero attached hydrogens (tertiary/aromatic N) is 1. The maximum atomic E-state index is 5.16. The van der Waals surface area contributed by atoms with Gasteiger partial charge in [-0.3, -0.25) is 4.98 Å². The Balaban J connectivity index is 2.20. The van der Waals surface area contributed by atoms with E-state index in [-0.39, 0.29) is 0 Å². The Kier molecular flexibility index (Phi) is 2.96. The van der Waals surface area contributed by atoms with Gasteiger partial charge in [-0.15, -0.1) is 6.42 Å². The third-order valence-electron chi connectivity index (χ3n) is 2.26. The van der Waals surface area contributed by atoms with Crippen LogP contribution < -0.4 is 5.32 Å². The summed E-state index contributed by atoms with van der Waals surface area (Å²) < 4.78 is 0. The Labute approximate surface area is 89.3 Å². The molecule has 2 aromatic rings. The number of nitrogens with one attached hydrogen (secondary N) is 1. The van der Waals surface area contributed by atoms with Crippen molar-refractivity contribution in [3.8, 4) is 12.3 Å². The average Bonchev–Trinajstić information content (AvgIpc) is 2.29. The molecule has 0 bridgehead atoms. The fourth-order valence-corrected chi connectivity index (χ4v) is 1.52. The van der Waals surface area contributed by atoms with Gasteiger partial charge in [-0.05, 0) is 23.1 Å². The van der Waals surface area contributed by atoms with Crippen molar-refractivity contribution in [3.05, 3.63) is 42.2 Å². The van der Waals surface area contributed by atoms with Crippen LogP contribution in [0.5, 0.6) is 0 Å². The molecule has 2 heteroatoms. The maximum absolute atomic E-state index is 5.16. The minimum Gasteiger partial charge on any atom is -0.302 e. The summed E-state index contributed by atoms with van der Waals surface area (Å²) in [6.45, 7) is 1.41. The zero-order chi connectivity index (χ0) is 10.5. The first-order valence-corrected chi connectivity index (χ1v) is 4.87. The number of fused-ring (bicyclic) bond motifs is 1. The third-order valence-corrected chi connectivity index (χ3v) is 2.26. The standard InChI is InChI=1S/C13H12N2/c1-2-6-14-9-11-3-4-13-10-15-7-5-12(13)8-11/h1,3-5,7-8,10,14H,6,9H2. The second kappa shape index (κ2) is 4.59. The number of benzene rings is 1. The average molecular weight is 196 g/mol. The Morgan fingerprint density at radius 1 is 1.27 bits per heavy atom. The van der Waals surface area contributed by atoms with Gasteiger partial charge in [0, 0.05) is 24.3 Å². The molecule has 15 heavy (non-hydrogen) atoms. The summed E-state index contributed by atoms with van der Waals surface area (Å²) in [4.78, 5) is 4.08. The van der Waals surface area contributed by atoms with E-state index in [0.717, 1.165) is 11.9 Å². The SMILES string of the molecule is C#CCNCc1ccc2cnccc2c1. The van der Waals surface area contributed by atoms with Crippen LogP contribution in [0.15, 0.2) is 36.7 Å². The fourth-order valence-electron chi connectivity index (χ4n) is 1.52. The molecule has 1 heterocycles. The van der Waals surface area contributed by atoms with Gasteiger partial charge in [-0.1, -0.05) is 18.1 Å². The summed E-state index contributed by atoms with van der Waals surface area (Å²) >= 11 is 0. The molecule has 1 N–H and O–H groups in total. The molecule has 1 aromatic carbocycles. The summed E-state index contributed by atoms with van der Waals surface area (Å²) in [7, 11) is 0. The van der Waals surface area contributed by atoms with Gasteiger partial charge in [0.2, 0.25) is 0 Å². The van der Waals surface area contributed by atoms with E-state index in [1.807, 2.05) is 12.3 Å². The van der Waals surface area contributed by atoms with Crippen LogP contribution in [-0.2, 0) is 6.54 Å². The lowest BCUT2D eigenvalue weighted by molar-refractivity contribution is 0.771. The maximum Gasteiger partial charge on any atom is 0.0576 e. The highest BCUT2D eigenvalue weighted by molar-refractivity contribution is 5.81. The molecule has 0 aliphatic carbocycles. The molecule has 2 rings (SSSR count). The summed E-state index contributed by atoms with van der Waals surface area (Å²) in [6, 6.07) is 8.34. The highest BCUT2D eigenvalue weighted by Crippen LogP contribution is 2.14. The molecule has 0 amide bonds. The molecule has 0 saturated heterocycles. The molecule has 0 radical (unpaired) electrons. The number of pyridine rings is 1. The van der Waals surface area contributed by atoms with Crippen molar-refractivity contribution in [2.45, 2.75) is 6.54 Å². The normalized spacial score (nSPS) is 10.1. The number of hydrogen-bond acceptors (Lipinski definition) is 2. The van der Waals surface area contributed by atoms with E-state index in [1.54, 1.807) is 6.20 Å². The highest BCUT2D eigenvalue weighted by atomic mass is 14.8. The topological polar surface area (TPSA) is 24.9 Å². The van der Waals surface area contributed by atoms with Crippen LogP contribution >= 0.6 is 0 Å². The van der Waals surface area contributed by atoms with E-state index in [2.05, 4.69) is 34.4 Å². The van der Waals surface area contributed by atoms with Gasteiger partial charge in [0.25, 0.3) is 0 Å². The first-order valence-electron chi connectivity index (χ1n) is 4.87. The summed E-state index contributed by atoms with van der Waals surface area (Å²) in [5.41, 5.74) is 1.24. The molecular weight excluding hydrogens is 184 g/mol. The number of aromatic nitrogens is 1. The van der Waals surface area contributed by atoms with Crippen LogP contribution in [0.4, 0.5) is 0 Å². The van der Waals surface area contributed by atoms with Gasteiger partial charge < -0.3 is 5.32 Å². The molecule has 0 saturated carbocycles. The second-order valence-electron chi connectivity index (χ2n) is 3.36. The van der Waals surface area contributed by atoms with Crippen molar-refractivity contribution in [1.29, 1.82) is 0 Å². The highest BCUT2D eigenvalue weighted by Gasteiger charge is 1.95. The third kappa shape index (κ3) is 2.34. The van der Waals surface area contributed by atoms with Gasteiger partial charge in [-0.2, -0.15) is 0 Å². The van der Waals surface area contributed by atoms with E-state index in [1.165, 1.54) is 10.9 Å². The minimum atomic E-state index is 0.606. The van der Waals surface area contributed by atoms with Crippen LogP contribution in [0.2, 0.25) is 0 Å². The molecule has 0 atom stereocenters. The smallest absolute Gasteiger partial charge is 0.0576 e. The minimum absolute atomic E-state index is 0.606. The molecular formula is C13H12N2. The van der Waals surface area contributed by atoms with E-state index >= 15 is 0 Å². The van der Waals surface area contributed by atoms with Gasteiger partial charge in [0.15, 0.2) is 0 Å². The predicted molar refractivity (Wildman–Crippen MR) is 62.3 cm³/mol. The first-order chi connectivity index (χ1) is 7.40. The lowest BCUT2D eigenvalue weighted by atomic mass is 10.1. The Hall–Kier alpha value is -1.85. The summed E-state index contributed by atoms with van der Waals surface area (Å²) in [5, 5.41) is 5.54. The van der Waals surface area contributed by atoms with E-state index in [9.17, 15) is 0 Å². The van der Waals surface area contributed by atoms with E-state index in [4.69, 9.17) is 6.42 Å². The summed E-state index contributed by atoms with van der Waals surface area (Å²) in [5.74, 6) is 2.55.